The van der Waals surface area contributed by atoms with Gasteiger partial charge in [0.05, 0.1) is 12.6 Å². The molecule has 25 heavy (non-hydrogen) atoms. The average molecular weight is 410 g/mol. The Bertz CT molecular complexity index is 529. The highest BCUT2D eigenvalue weighted by Crippen LogP contribution is 2.72. The summed E-state index contributed by atoms with van der Waals surface area (Å²) in [6.45, 7) is -1.23. The lowest BCUT2D eigenvalue weighted by atomic mass is 10.0. The van der Waals surface area contributed by atoms with Gasteiger partial charge in [0.1, 0.15) is 24.6 Å². The lowest BCUT2D eigenvalue weighted by molar-refractivity contribution is -0.117. The molecule has 0 aliphatic rings. The summed E-state index contributed by atoms with van der Waals surface area (Å²) >= 11 is 0. The van der Waals surface area contributed by atoms with Crippen molar-refractivity contribution in [3.05, 3.63) is 0 Å². The third-order valence-corrected chi connectivity index (χ3v) is 7.71. The minimum absolute atomic E-state index is 0.0333. The molecule has 0 saturated carbocycles. The Balaban J connectivity index is 5.86. The molecule has 0 amide bonds. The van der Waals surface area contributed by atoms with Gasteiger partial charge in [-0.05, 0) is 13.0 Å². The summed E-state index contributed by atoms with van der Waals surface area (Å²) < 4.78 is 28.4. The van der Waals surface area contributed by atoms with Crippen LogP contribution < -0.4 is 11.5 Å². The van der Waals surface area contributed by atoms with Crippen molar-refractivity contribution >= 4 is 21.5 Å². The van der Waals surface area contributed by atoms with Gasteiger partial charge in [0.2, 0.25) is 0 Å². The van der Waals surface area contributed by atoms with E-state index in [1.165, 1.54) is 0 Å². The Labute approximate surface area is 142 Å². The molecule has 0 aliphatic heterocycles. The fraction of sp³-hybridized carbons (Fsp3) is 0.900. The molecule has 0 aliphatic carbocycles. The van der Waals surface area contributed by atoms with E-state index < -0.39 is 57.7 Å². The van der Waals surface area contributed by atoms with Gasteiger partial charge in [0.25, 0.3) is 5.08 Å². The van der Waals surface area contributed by atoms with E-state index >= 15 is 0 Å². The van der Waals surface area contributed by atoms with Crippen molar-refractivity contribution in [1.29, 1.82) is 0 Å². The molecule has 0 bridgehead atoms. The van der Waals surface area contributed by atoms with Crippen LogP contribution in [0.25, 0.3) is 0 Å². The molecule has 15 heteroatoms. The highest BCUT2D eigenvalue weighted by molar-refractivity contribution is 7.72. The molecule has 150 valence electrons. The van der Waals surface area contributed by atoms with E-state index in [9.17, 15) is 43.9 Å². The largest absolute Gasteiger partial charge is 0.394 e. The molecule has 0 spiro atoms. The van der Waals surface area contributed by atoms with Gasteiger partial charge in [-0.1, -0.05) is 0 Å². The average Bonchev–Trinajstić information content (AvgIpc) is 2.53. The van der Waals surface area contributed by atoms with E-state index in [0.29, 0.717) is 0 Å². The molecular weight excluding hydrogens is 386 g/mol. The number of rotatable bonds is 12. The molecular formula is C10H24N2O11P2. The second kappa shape index (κ2) is 9.60. The summed E-state index contributed by atoms with van der Waals surface area (Å²) in [5.41, 5.74) is 10.5. The lowest BCUT2D eigenvalue weighted by Gasteiger charge is -2.36. The molecule has 0 rings (SSSR count). The summed E-state index contributed by atoms with van der Waals surface area (Å²) in [6, 6.07) is -1.83. The summed E-state index contributed by atoms with van der Waals surface area (Å²) in [5, 5.41) is 34.5. The highest BCUT2D eigenvalue weighted by Gasteiger charge is 2.61. The van der Waals surface area contributed by atoms with E-state index in [1.807, 2.05) is 0 Å². The third kappa shape index (κ3) is 5.86. The van der Waals surface area contributed by atoms with Crippen molar-refractivity contribution in [2.75, 3.05) is 13.2 Å². The van der Waals surface area contributed by atoms with Gasteiger partial charge in [0, 0.05) is 6.42 Å². The van der Waals surface area contributed by atoms with Gasteiger partial charge >= 0.3 is 15.2 Å². The zero-order chi connectivity index (χ0) is 20.1. The van der Waals surface area contributed by atoms with Gasteiger partial charge in [0.15, 0.2) is 0 Å². The predicted molar refractivity (Wildman–Crippen MR) is 83.1 cm³/mol. The topological polar surface area (TPSA) is 254 Å². The molecule has 11 N–H and O–H groups in total. The van der Waals surface area contributed by atoms with E-state index in [2.05, 4.69) is 4.52 Å². The predicted octanol–water partition coefficient (Wildman–Crippen LogP) is -3.64. The number of aliphatic hydroxyl groups is 4. The second-order valence-corrected chi connectivity index (χ2v) is 9.43. The SMILES string of the molecule is NCCCC(O)(P(=O)(O)O)P(=O)(O)O[C@@H]([C@H](O)[C@H](O)CO)[C@@H](N)C=O. The van der Waals surface area contributed by atoms with E-state index in [-0.39, 0.29) is 19.3 Å². The van der Waals surface area contributed by atoms with E-state index in [0.717, 1.165) is 0 Å². The van der Waals surface area contributed by atoms with Crippen LogP contribution in [0.4, 0.5) is 0 Å². The first kappa shape index (κ1) is 24.7. The smallest absolute Gasteiger partial charge is 0.372 e. The van der Waals surface area contributed by atoms with Crippen LogP contribution in [0.2, 0.25) is 0 Å². The molecule has 0 aromatic heterocycles. The molecule has 0 saturated heterocycles. The minimum atomic E-state index is -5.66. The van der Waals surface area contributed by atoms with Crippen LogP contribution in [0, 0.1) is 0 Å². The minimum Gasteiger partial charge on any atom is -0.394 e. The Morgan fingerprint density at radius 2 is 1.72 bits per heavy atom. The maximum absolute atomic E-state index is 12.4. The van der Waals surface area contributed by atoms with Gasteiger partial charge in [-0.15, -0.1) is 0 Å². The molecule has 0 heterocycles. The van der Waals surface area contributed by atoms with Crippen molar-refractivity contribution < 1.29 is 53.6 Å². The van der Waals surface area contributed by atoms with Crippen LogP contribution in [0.15, 0.2) is 0 Å². The Morgan fingerprint density at radius 3 is 2.08 bits per heavy atom. The van der Waals surface area contributed by atoms with Crippen molar-refractivity contribution in [3.8, 4) is 0 Å². The first-order valence-corrected chi connectivity index (χ1v) is 10.1. The number of aldehydes is 1. The number of hydrogen-bond donors (Lipinski definition) is 9. The summed E-state index contributed by atoms with van der Waals surface area (Å²) in [4.78, 5) is 39.3. The van der Waals surface area contributed by atoms with Gasteiger partial charge in [-0.3, -0.25) is 13.7 Å². The number of hydrogen-bond acceptors (Lipinski definition) is 10. The zero-order valence-electron chi connectivity index (χ0n) is 13.0. The Hall–Kier alpha value is -0.270. The molecule has 0 radical (unpaired) electrons. The van der Waals surface area contributed by atoms with Crippen molar-refractivity contribution in [3.63, 3.8) is 0 Å². The van der Waals surface area contributed by atoms with Crippen molar-refractivity contribution in [2.24, 2.45) is 11.5 Å². The quantitative estimate of drug-likeness (QED) is 0.111. The van der Waals surface area contributed by atoms with Crippen LogP contribution in [0.3, 0.4) is 0 Å². The molecule has 0 fully saturated rings. The summed E-state index contributed by atoms with van der Waals surface area (Å²) in [5.74, 6) is 0. The normalized spacial score (nSPS) is 22.3. The number of carbonyl (C=O) groups excluding carboxylic acids is 1. The van der Waals surface area contributed by atoms with E-state index in [4.69, 9.17) is 16.6 Å². The second-order valence-electron chi connectivity index (χ2n) is 5.25. The van der Waals surface area contributed by atoms with Crippen LogP contribution in [-0.4, -0.2) is 84.0 Å². The number of carbonyl (C=O) groups is 1. The maximum atomic E-state index is 12.4. The number of nitrogens with two attached hydrogens (primary N) is 2. The van der Waals surface area contributed by atoms with E-state index in [1.54, 1.807) is 0 Å². The van der Waals surface area contributed by atoms with Gasteiger partial charge < -0.3 is 51.4 Å². The fourth-order valence-corrected chi connectivity index (χ4v) is 4.92. The first-order valence-electron chi connectivity index (χ1n) is 6.96. The van der Waals surface area contributed by atoms with Crippen molar-refractivity contribution in [1.82, 2.24) is 0 Å². The Morgan fingerprint density at radius 1 is 1.20 bits per heavy atom. The lowest BCUT2D eigenvalue weighted by Crippen LogP contribution is -2.52. The highest BCUT2D eigenvalue weighted by atomic mass is 31.2. The molecule has 2 unspecified atom stereocenters. The molecule has 0 aromatic carbocycles. The van der Waals surface area contributed by atoms with Crippen molar-refractivity contribution in [2.45, 2.75) is 42.3 Å². The van der Waals surface area contributed by atoms with Crippen LogP contribution in [-0.2, 0) is 18.4 Å². The van der Waals surface area contributed by atoms with Gasteiger partial charge in [-0.2, -0.15) is 0 Å². The number of aliphatic hydroxyl groups excluding tert-OH is 3. The molecule has 13 nitrogen and oxygen atoms in total. The zero-order valence-corrected chi connectivity index (χ0v) is 14.8. The first-order chi connectivity index (χ1) is 11.3. The monoisotopic (exact) mass is 410 g/mol. The standard InChI is InChI=1S/C10H24N2O11P2/c11-3-1-2-10(17,24(18,19)20)25(21,22)23-9(6(12)4-13)8(16)7(15)5-14/h4,6-9,14-17H,1-3,5,11-12H2,(H,21,22)(H2,18,19,20)/t6-,7+,8+,9+,10?/m0/s1. The molecule has 6 atom stereocenters. The van der Waals surface area contributed by atoms with Crippen LogP contribution >= 0.6 is 15.2 Å². The third-order valence-electron chi connectivity index (χ3n) is 3.35. The van der Waals surface area contributed by atoms with Crippen LogP contribution in [0.1, 0.15) is 12.8 Å². The molecule has 0 aromatic rings. The Kier molecular flexibility index (Phi) is 9.50. The van der Waals surface area contributed by atoms with Gasteiger partial charge in [-0.25, -0.2) is 0 Å². The maximum Gasteiger partial charge on any atom is 0.372 e. The fourth-order valence-electron chi connectivity index (χ4n) is 1.80. The summed E-state index contributed by atoms with van der Waals surface area (Å²) in [7, 11) is -11.3. The van der Waals surface area contributed by atoms with Crippen LogP contribution in [0.5, 0.6) is 0 Å². The summed E-state index contributed by atoms with van der Waals surface area (Å²) in [6.07, 6.45) is -7.55.